The fourth-order valence-electron chi connectivity index (χ4n) is 3.81. The molecule has 0 radical (unpaired) electrons. The summed E-state index contributed by atoms with van der Waals surface area (Å²) in [6.07, 6.45) is 5.57. The number of nitrogens with one attached hydrogen (secondary N) is 1. The molecule has 0 spiro atoms. The van der Waals surface area contributed by atoms with Crippen molar-refractivity contribution in [2.75, 3.05) is 42.9 Å². The fourth-order valence-corrected chi connectivity index (χ4v) is 3.81. The van der Waals surface area contributed by atoms with E-state index in [-0.39, 0.29) is 11.9 Å². The van der Waals surface area contributed by atoms with Crippen molar-refractivity contribution in [3.63, 3.8) is 0 Å². The second-order valence-corrected chi connectivity index (χ2v) is 8.24. The number of aryl methyl sites for hydroxylation is 1. The molecule has 8 heteroatoms. The zero-order valence-corrected chi connectivity index (χ0v) is 18.6. The first-order valence-electron chi connectivity index (χ1n) is 10.9. The second-order valence-electron chi connectivity index (χ2n) is 8.24. The molecular formula is C23H30FN7. The first kappa shape index (κ1) is 21.2. The van der Waals surface area contributed by atoms with Crippen LogP contribution in [0.2, 0.25) is 0 Å². The average Bonchev–Trinajstić information content (AvgIpc) is 3.26. The van der Waals surface area contributed by atoms with Crippen LogP contribution in [0.15, 0.2) is 36.8 Å². The Bertz CT molecular complexity index is 1040. The Labute approximate surface area is 182 Å². The number of hydrogen-bond donors (Lipinski definition) is 1. The third-order valence-electron chi connectivity index (χ3n) is 5.74. The Morgan fingerprint density at radius 1 is 1.13 bits per heavy atom. The summed E-state index contributed by atoms with van der Waals surface area (Å²) in [6.45, 7) is 12.9. The molecule has 0 aliphatic carbocycles. The van der Waals surface area contributed by atoms with Crippen LogP contribution in [0.4, 0.5) is 21.7 Å². The summed E-state index contributed by atoms with van der Waals surface area (Å²) >= 11 is 0. The van der Waals surface area contributed by atoms with Gasteiger partial charge < -0.3 is 15.1 Å². The van der Waals surface area contributed by atoms with Crippen LogP contribution in [0.25, 0.3) is 11.3 Å². The molecule has 0 bridgehead atoms. The van der Waals surface area contributed by atoms with E-state index in [0.717, 1.165) is 49.5 Å². The summed E-state index contributed by atoms with van der Waals surface area (Å²) in [5, 5.41) is 7.54. The summed E-state index contributed by atoms with van der Waals surface area (Å²) in [4.78, 5) is 13.5. The molecule has 0 unspecified atom stereocenters. The van der Waals surface area contributed by atoms with E-state index in [1.54, 1.807) is 6.20 Å². The van der Waals surface area contributed by atoms with Gasteiger partial charge in [0, 0.05) is 55.9 Å². The maximum Gasteiger partial charge on any atom is 0.227 e. The van der Waals surface area contributed by atoms with Gasteiger partial charge in [0.2, 0.25) is 5.95 Å². The van der Waals surface area contributed by atoms with Crippen molar-refractivity contribution in [3.8, 4) is 11.3 Å². The lowest BCUT2D eigenvalue weighted by Gasteiger charge is -2.35. The highest BCUT2D eigenvalue weighted by Gasteiger charge is 2.19. The standard InChI is InChI=1S/C23H30FN7/c1-5-29-8-10-30(11-9-29)21-7-6-19(12-20(21)24)27-23-25-13-17(4)22(28-23)18-14-26-31(15-18)16(2)3/h6-7,12-16H,5,8-11H2,1-4H3,(H,25,27,28). The van der Waals surface area contributed by atoms with E-state index in [2.05, 4.69) is 51.0 Å². The molecule has 1 aliphatic heterocycles. The largest absolute Gasteiger partial charge is 0.367 e. The molecule has 164 valence electrons. The van der Waals surface area contributed by atoms with Gasteiger partial charge in [-0.3, -0.25) is 4.68 Å². The van der Waals surface area contributed by atoms with Crippen LogP contribution in [0.1, 0.15) is 32.4 Å². The number of rotatable bonds is 6. The van der Waals surface area contributed by atoms with Crippen molar-refractivity contribution in [2.24, 2.45) is 0 Å². The lowest BCUT2D eigenvalue weighted by Crippen LogP contribution is -2.46. The van der Waals surface area contributed by atoms with Gasteiger partial charge in [-0.05, 0) is 51.1 Å². The van der Waals surface area contributed by atoms with Crippen LogP contribution in [-0.4, -0.2) is 57.4 Å². The molecule has 0 amide bonds. The molecule has 1 fully saturated rings. The minimum atomic E-state index is -0.236. The zero-order valence-electron chi connectivity index (χ0n) is 18.6. The zero-order chi connectivity index (χ0) is 22.0. The summed E-state index contributed by atoms with van der Waals surface area (Å²) in [7, 11) is 0. The van der Waals surface area contributed by atoms with Crippen LogP contribution in [0, 0.1) is 12.7 Å². The minimum absolute atomic E-state index is 0.236. The first-order chi connectivity index (χ1) is 14.9. The molecule has 0 atom stereocenters. The first-order valence-corrected chi connectivity index (χ1v) is 10.9. The van der Waals surface area contributed by atoms with E-state index in [0.29, 0.717) is 17.3 Å². The van der Waals surface area contributed by atoms with Crippen molar-refractivity contribution in [1.29, 1.82) is 0 Å². The molecular weight excluding hydrogens is 393 g/mol. The number of aromatic nitrogens is 4. The molecule has 1 saturated heterocycles. The third kappa shape index (κ3) is 4.69. The van der Waals surface area contributed by atoms with Crippen LogP contribution in [0.5, 0.6) is 0 Å². The molecule has 1 aliphatic rings. The van der Waals surface area contributed by atoms with Crippen molar-refractivity contribution in [3.05, 3.63) is 48.2 Å². The SMILES string of the molecule is CCN1CCN(c2ccc(Nc3ncc(C)c(-c4cnn(C(C)C)c4)n3)cc2F)CC1. The van der Waals surface area contributed by atoms with Gasteiger partial charge in [0.05, 0.1) is 17.6 Å². The summed E-state index contributed by atoms with van der Waals surface area (Å²) < 4.78 is 16.8. The molecule has 0 saturated carbocycles. The van der Waals surface area contributed by atoms with Gasteiger partial charge in [-0.25, -0.2) is 14.4 Å². The van der Waals surface area contributed by atoms with E-state index in [1.165, 1.54) is 6.07 Å². The van der Waals surface area contributed by atoms with Crippen LogP contribution < -0.4 is 10.2 Å². The lowest BCUT2D eigenvalue weighted by molar-refractivity contribution is 0.270. The van der Waals surface area contributed by atoms with Gasteiger partial charge in [-0.2, -0.15) is 5.10 Å². The number of piperazine rings is 1. The van der Waals surface area contributed by atoms with Gasteiger partial charge >= 0.3 is 0 Å². The number of anilines is 3. The highest BCUT2D eigenvalue weighted by Crippen LogP contribution is 2.27. The van der Waals surface area contributed by atoms with Gasteiger partial charge in [0.15, 0.2) is 0 Å². The Kier molecular flexibility index (Phi) is 6.18. The van der Waals surface area contributed by atoms with Crippen LogP contribution >= 0.6 is 0 Å². The number of benzene rings is 1. The molecule has 3 heterocycles. The van der Waals surface area contributed by atoms with Crippen molar-refractivity contribution in [1.82, 2.24) is 24.6 Å². The molecule has 1 aromatic carbocycles. The van der Waals surface area contributed by atoms with Crippen LogP contribution in [0.3, 0.4) is 0 Å². The highest BCUT2D eigenvalue weighted by molar-refractivity contribution is 5.65. The van der Waals surface area contributed by atoms with Crippen molar-refractivity contribution in [2.45, 2.75) is 33.7 Å². The van der Waals surface area contributed by atoms with Gasteiger partial charge in [-0.1, -0.05) is 6.92 Å². The van der Waals surface area contributed by atoms with Crippen LogP contribution in [-0.2, 0) is 0 Å². The molecule has 4 rings (SSSR count). The number of nitrogens with zero attached hydrogens (tertiary/aromatic N) is 6. The highest BCUT2D eigenvalue weighted by atomic mass is 19.1. The van der Waals surface area contributed by atoms with E-state index in [4.69, 9.17) is 0 Å². The van der Waals surface area contributed by atoms with E-state index in [9.17, 15) is 4.39 Å². The number of likely N-dealkylation sites (N-methyl/N-ethyl adjacent to an activating group) is 1. The molecule has 3 aromatic rings. The van der Waals surface area contributed by atoms with E-state index in [1.807, 2.05) is 36.1 Å². The minimum Gasteiger partial charge on any atom is -0.367 e. The third-order valence-corrected chi connectivity index (χ3v) is 5.74. The summed E-state index contributed by atoms with van der Waals surface area (Å²) in [5.41, 5.74) is 3.98. The van der Waals surface area contributed by atoms with Gasteiger partial charge in [0.1, 0.15) is 5.82 Å². The fraction of sp³-hybridized carbons (Fsp3) is 0.435. The quantitative estimate of drug-likeness (QED) is 0.639. The van der Waals surface area contributed by atoms with Crippen molar-refractivity contribution >= 4 is 17.3 Å². The Morgan fingerprint density at radius 3 is 2.55 bits per heavy atom. The smallest absolute Gasteiger partial charge is 0.227 e. The average molecular weight is 424 g/mol. The monoisotopic (exact) mass is 423 g/mol. The van der Waals surface area contributed by atoms with Gasteiger partial charge in [-0.15, -0.1) is 0 Å². The van der Waals surface area contributed by atoms with Crippen molar-refractivity contribution < 1.29 is 4.39 Å². The van der Waals surface area contributed by atoms with Gasteiger partial charge in [0.25, 0.3) is 0 Å². The molecule has 31 heavy (non-hydrogen) atoms. The Hall–Kier alpha value is -3.00. The molecule has 7 nitrogen and oxygen atoms in total. The topological polar surface area (TPSA) is 62.1 Å². The Morgan fingerprint density at radius 2 is 1.90 bits per heavy atom. The van der Waals surface area contributed by atoms with E-state index >= 15 is 0 Å². The Balaban J connectivity index is 1.51. The molecule has 2 aromatic heterocycles. The number of hydrogen-bond acceptors (Lipinski definition) is 6. The maximum absolute atomic E-state index is 14.9. The lowest BCUT2D eigenvalue weighted by atomic mass is 10.1. The second kappa shape index (κ2) is 9.01. The summed E-state index contributed by atoms with van der Waals surface area (Å²) in [5.74, 6) is 0.196. The number of halogens is 1. The normalized spacial score (nSPS) is 15.0. The molecule has 1 N–H and O–H groups in total. The van der Waals surface area contributed by atoms with E-state index < -0.39 is 0 Å². The maximum atomic E-state index is 14.9. The predicted octanol–water partition coefficient (Wildman–Crippen LogP) is 4.25. The summed E-state index contributed by atoms with van der Waals surface area (Å²) in [6, 6.07) is 5.51. The predicted molar refractivity (Wildman–Crippen MR) is 122 cm³/mol.